The number of nitrogens with two attached hydrogens (primary N) is 1. The average Bonchev–Trinajstić information content (AvgIpc) is 3.30. The Kier molecular flexibility index (Phi) is 11.4. The van der Waals surface area contributed by atoms with Gasteiger partial charge in [0, 0.05) is 56.9 Å². The van der Waals surface area contributed by atoms with E-state index in [9.17, 15) is 14.4 Å². The normalized spacial score (nSPS) is 14.8. The molecule has 3 amide bonds. The van der Waals surface area contributed by atoms with Gasteiger partial charge in [-0.2, -0.15) is 0 Å². The third kappa shape index (κ3) is 7.67. The molecular formula is C26H34Cl2N6O3. The fourth-order valence-corrected chi connectivity index (χ4v) is 4.39. The molecule has 0 aliphatic carbocycles. The predicted molar refractivity (Wildman–Crippen MR) is 148 cm³/mol. The molecule has 3 heterocycles. The van der Waals surface area contributed by atoms with Crippen molar-refractivity contribution in [1.82, 2.24) is 24.7 Å². The van der Waals surface area contributed by atoms with E-state index < -0.39 is 12.1 Å². The van der Waals surface area contributed by atoms with Crippen molar-refractivity contribution >= 4 is 53.4 Å². The largest absolute Gasteiger partial charge is 0.346 e. The molecule has 200 valence electrons. The topological polar surface area (TPSA) is 114 Å². The van der Waals surface area contributed by atoms with Crippen LogP contribution in [-0.4, -0.2) is 75.3 Å². The van der Waals surface area contributed by atoms with Gasteiger partial charge in [0.1, 0.15) is 6.04 Å². The standard InChI is InChI=1S/C26H32N6O3.2ClH/c1-19(29-25(34)22(27)17-20-5-3-2-4-6-20)26(35)32-15-13-31(14-16-32)24(33)9-12-30-11-8-21-7-10-28-18-23(21)30;;/h2-8,10-11,18-19,22H,9,12-17,27H2,1H3,(H,29,34);2*1H. The lowest BCUT2D eigenvalue weighted by Crippen LogP contribution is -2.56. The molecule has 4 rings (SSSR count). The first-order valence-electron chi connectivity index (χ1n) is 12.0. The van der Waals surface area contributed by atoms with Crippen molar-refractivity contribution in [2.45, 2.75) is 38.4 Å². The number of halogens is 2. The summed E-state index contributed by atoms with van der Waals surface area (Å²) < 4.78 is 2.03. The van der Waals surface area contributed by atoms with Gasteiger partial charge in [0.2, 0.25) is 17.7 Å². The Bertz CT molecular complexity index is 1180. The molecule has 0 bridgehead atoms. The number of hydrogen-bond acceptors (Lipinski definition) is 5. The van der Waals surface area contributed by atoms with Crippen LogP contribution >= 0.6 is 24.8 Å². The molecule has 2 unspecified atom stereocenters. The highest BCUT2D eigenvalue weighted by atomic mass is 35.5. The highest BCUT2D eigenvalue weighted by molar-refractivity contribution is 5.89. The van der Waals surface area contributed by atoms with E-state index >= 15 is 0 Å². The molecule has 3 aromatic rings. The number of carbonyl (C=O) groups is 3. The van der Waals surface area contributed by atoms with Crippen molar-refractivity contribution in [3.8, 4) is 0 Å². The zero-order chi connectivity index (χ0) is 24.8. The van der Waals surface area contributed by atoms with Gasteiger partial charge in [-0.05, 0) is 31.0 Å². The maximum Gasteiger partial charge on any atom is 0.244 e. The van der Waals surface area contributed by atoms with Crippen LogP contribution < -0.4 is 11.1 Å². The summed E-state index contributed by atoms with van der Waals surface area (Å²) in [7, 11) is 0. The van der Waals surface area contributed by atoms with Crippen molar-refractivity contribution in [2.24, 2.45) is 5.73 Å². The highest BCUT2D eigenvalue weighted by Gasteiger charge is 2.28. The van der Waals surface area contributed by atoms with Crippen LogP contribution in [0.2, 0.25) is 0 Å². The molecule has 11 heteroatoms. The van der Waals surface area contributed by atoms with Crippen LogP contribution in [0.1, 0.15) is 18.9 Å². The summed E-state index contributed by atoms with van der Waals surface area (Å²) >= 11 is 0. The number of benzene rings is 1. The number of nitrogens with one attached hydrogen (secondary N) is 1. The second-order valence-corrected chi connectivity index (χ2v) is 8.93. The van der Waals surface area contributed by atoms with Gasteiger partial charge in [0.15, 0.2) is 0 Å². The zero-order valence-corrected chi connectivity index (χ0v) is 22.4. The minimum absolute atomic E-state index is 0. The van der Waals surface area contributed by atoms with Gasteiger partial charge in [-0.15, -0.1) is 24.8 Å². The number of pyridine rings is 1. The van der Waals surface area contributed by atoms with E-state index in [2.05, 4.69) is 10.3 Å². The first-order chi connectivity index (χ1) is 16.9. The summed E-state index contributed by atoms with van der Waals surface area (Å²) in [6, 6.07) is 12.1. The molecule has 1 fully saturated rings. The fraction of sp³-hybridized carbons (Fsp3) is 0.385. The molecule has 37 heavy (non-hydrogen) atoms. The third-order valence-electron chi connectivity index (χ3n) is 6.45. The van der Waals surface area contributed by atoms with Crippen LogP contribution in [0.3, 0.4) is 0 Å². The van der Waals surface area contributed by atoms with Crippen molar-refractivity contribution < 1.29 is 14.4 Å². The van der Waals surface area contributed by atoms with E-state index in [0.29, 0.717) is 45.6 Å². The van der Waals surface area contributed by atoms with Crippen LogP contribution in [0, 0.1) is 0 Å². The van der Waals surface area contributed by atoms with Gasteiger partial charge < -0.3 is 25.4 Å². The zero-order valence-electron chi connectivity index (χ0n) is 20.8. The smallest absolute Gasteiger partial charge is 0.244 e. The summed E-state index contributed by atoms with van der Waals surface area (Å²) in [5, 5.41) is 3.84. The van der Waals surface area contributed by atoms with Crippen molar-refractivity contribution in [2.75, 3.05) is 26.2 Å². The Hall–Kier alpha value is -3.14. The number of fused-ring (bicyclic) bond motifs is 1. The van der Waals surface area contributed by atoms with E-state index in [-0.39, 0.29) is 42.5 Å². The van der Waals surface area contributed by atoms with Crippen LogP contribution in [-0.2, 0) is 27.3 Å². The molecule has 0 saturated carbocycles. The molecule has 9 nitrogen and oxygen atoms in total. The molecule has 2 aromatic heterocycles. The first kappa shape index (κ1) is 30.1. The summed E-state index contributed by atoms with van der Waals surface area (Å²) in [6.07, 6.45) is 6.32. The number of hydrogen-bond donors (Lipinski definition) is 2. The Balaban J connectivity index is 0.00000241. The molecule has 1 aliphatic heterocycles. The number of nitrogens with zero attached hydrogens (tertiary/aromatic N) is 4. The lowest BCUT2D eigenvalue weighted by Gasteiger charge is -2.36. The number of aromatic nitrogens is 2. The van der Waals surface area contributed by atoms with Gasteiger partial charge >= 0.3 is 0 Å². The quantitative estimate of drug-likeness (QED) is 0.447. The van der Waals surface area contributed by atoms with E-state index in [0.717, 1.165) is 16.5 Å². The maximum absolute atomic E-state index is 12.9. The van der Waals surface area contributed by atoms with Gasteiger partial charge in [-0.1, -0.05) is 30.3 Å². The van der Waals surface area contributed by atoms with Crippen LogP contribution in [0.4, 0.5) is 0 Å². The molecular weight excluding hydrogens is 515 g/mol. The van der Waals surface area contributed by atoms with Gasteiger partial charge in [-0.25, -0.2) is 0 Å². The highest BCUT2D eigenvalue weighted by Crippen LogP contribution is 2.15. The van der Waals surface area contributed by atoms with Gasteiger partial charge in [-0.3, -0.25) is 19.4 Å². The maximum atomic E-state index is 12.9. The molecule has 0 radical (unpaired) electrons. The van der Waals surface area contributed by atoms with E-state index in [1.807, 2.05) is 53.2 Å². The minimum atomic E-state index is -0.727. The molecule has 3 N–H and O–H groups in total. The summed E-state index contributed by atoms with van der Waals surface area (Å²) in [5.74, 6) is -0.448. The molecule has 0 spiro atoms. The average molecular weight is 550 g/mol. The van der Waals surface area contributed by atoms with Crippen molar-refractivity contribution in [3.63, 3.8) is 0 Å². The lowest BCUT2D eigenvalue weighted by atomic mass is 10.1. The SMILES string of the molecule is CC(NC(=O)C(N)Cc1ccccc1)C(=O)N1CCN(C(=O)CCn2ccc3ccncc32)CC1.Cl.Cl. The van der Waals surface area contributed by atoms with Crippen molar-refractivity contribution in [3.05, 3.63) is 66.6 Å². The monoisotopic (exact) mass is 548 g/mol. The van der Waals surface area contributed by atoms with Crippen molar-refractivity contribution in [1.29, 1.82) is 0 Å². The van der Waals surface area contributed by atoms with E-state index in [1.54, 1.807) is 29.1 Å². The fourth-order valence-electron chi connectivity index (χ4n) is 4.39. The number of amides is 3. The lowest BCUT2D eigenvalue weighted by molar-refractivity contribution is -0.141. The second-order valence-electron chi connectivity index (χ2n) is 8.93. The number of carbonyl (C=O) groups excluding carboxylic acids is 3. The van der Waals surface area contributed by atoms with Crippen LogP contribution in [0.5, 0.6) is 0 Å². The molecule has 2 atom stereocenters. The van der Waals surface area contributed by atoms with E-state index in [1.165, 1.54) is 0 Å². The first-order valence-corrected chi connectivity index (χ1v) is 12.0. The Morgan fingerprint density at radius 3 is 2.38 bits per heavy atom. The van der Waals surface area contributed by atoms with Crippen LogP contribution in [0.15, 0.2) is 61.1 Å². The van der Waals surface area contributed by atoms with Gasteiger partial charge in [0.25, 0.3) is 0 Å². The van der Waals surface area contributed by atoms with E-state index in [4.69, 9.17) is 5.73 Å². The Labute approximate surface area is 229 Å². The third-order valence-corrected chi connectivity index (χ3v) is 6.45. The predicted octanol–water partition coefficient (Wildman–Crippen LogP) is 2.02. The molecule has 1 aliphatic rings. The minimum Gasteiger partial charge on any atom is -0.346 e. The van der Waals surface area contributed by atoms with Crippen LogP contribution in [0.25, 0.3) is 10.9 Å². The molecule has 1 saturated heterocycles. The summed E-state index contributed by atoms with van der Waals surface area (Å²) in [5.41, 5.74) is 8.01. The molecule has 1 aromatic carbocycles. The Morgan fingerprint density at radius 1 is 1.00 bits per heavy atom. The number of rotatable bonds is 8. The second kappa shape index (κ2) is 14.0. The number of aryl methyl sites for hydroxylation is 1. The van der Waals surface area contributed by atoms with Gasteiger partial charge in [0.05, 0.1) is 17.8 Å². The number of piperazine rings is 1. The Morgan fingerprint density at radius 2 is 1.68 bits per heavy atom. The summed E-state index contributed by atoms with van der Waals surface area (Å²) in [4.78, 5) is 45.7. The summed E-state index contributed by atoms with van der Waals surface area (Å²) in [6.45, 7) is 4.09.